The van der Waals surface area contributed by atoms with Gasteiger partial charge in [-0.25, -0.2) is 0 Å². The van der Waals surface area contributed by atoms with Gasteiger partial charge in [-0.2, -0.15) is 0 Å². The first-order valence-electron chi connectivity index (χ1n) is 8.26. The number of hydrogen-bond acceptors (Lipinski definition) is 2. The van der Waals surface area contributed by atoms with Crippen LogP contribution < -0.4 is 5.73 Å². The Morgan fingerprint density at radius 3 is 2.58 bits per heavy atom. The summed E-state index contributed by atoms with van der Waals surface area (Å²) in [5.41, 5.74) is 9.17. The van der Waals surface area contributed by atoms with Crippen LogP contribution in [-0.2, 0) is 0 Å². The zero-order valence-electron chi connectivity index (χ0n) is 13.8. The number of rotatable bonds is 2. The largest absolute Gasteiger partial charge is 0.339 e. The average Bonchev–Trinajstić information content (AvgIpc) is 2.56. The smallest absolute Gasteiger partial charge is 0.253 e. The Morgan fingerprint density at radius 2 is 1.96 bits per heavy atom. The van der Waals surface area contributed by atoms with Gasteiger partial charge in [-0.3, -0.25) is 4.79 Å². The van der Waals surface area contributed by atoms with Crippen LogP contribution in [0.4, 0.5) is 0 Å². The second-order valence-electron chi connectivity index (χ2n) is 6.87. The Kier molecular flexibility index (Phi) is 5.05. The number of amides is 1. The molecule has 1 aliphatic carbocycles. The number of allylic oxidation sites excluding steroid dienone is 2. The number of halogens is 2. The van der Waals surface area contributed by atoms with Crippen LogP contribution in [0.5, 0.6) is 0 Å². The zero-order valence-corrected chi connectivity index (χ0v) is 15.3. The monoisotopic (exact) mass is 364 g/mol. The summed E-state index contributed by atoms with van der Waals surface area (Å²) < 4.78 is 0. The molecule has 3 rings (SSSR count). The lowest BCUT2D eigenvalue weighted by Gasteiger charge is -2.42. The highest BCUT2D eigenvalue weighted by molar-refractivity contribution is 6.42. The van der Waals surface area contributed by atoms with Crippen molar-refractivity contribution in [3.8, 4) is 0 Å². The number of benzene rings is 1. The summed E-state index contributed by atoms with van der Waals surface area (Å²) in [5, 5.41) is 0.884. The third-order valence-electron chi connectivity index (χ3n) is 5.00. The van der Waals surface area contributed by atoms with Crippen molar-refractivity contribution < 1.29 is 4.79 Å². The number of likely N-dealkylation sites (tertiary alicyclic amines) is 1. The molecule has 128 valence electrons. The first kappa shape index (κ1) is 17.5. The Bertz CT molecular complexity index is 716. The molecule has 2 N–H and O–H groups in total. The fourth-order valence-corrected chi connectivity index (χ4v) is 4.11. The predicted molar refractivity (Wildman–Crippen MR) is 99.5 cm³/mol. The SMILES string of the molecule is CC1=CC(CN)=CC2(CCN(C(=O)c3ccc(Cl)c(Cl)c3)CC2)C1. The normalized spacial score (nSPS) is 19.9. The van der Waals surface area contributed by atoms with Gasteiger partial charge in [-0.1, -0.05) is 40.9 Å². The second kappa shape index (κ2) is 6.91. The lowest BCUT2D eigenvalue weighted by molar-refractivity contribution is 0.0638. The van der Waals surface area contributed by atoms with Gasteiger partial charge in [0.2, 0.25) is 0 Å². The molecule has 1 aliphatic heterocycles. The van der Waals surface area contributed by atoms with Gasteiger partial charge in [-0.05, 0) is 55.4 Å². The van der Waals surface area contributed by atoms with Crippen molar-refractivity contribution in [2.45, 2.75) is 26.2 Å². The highest BCUT2D eigenvalue weighted by Crippen LogP contribution is 2.42. The van der Waals surface area contributed by atoms with Crippen LogP contribution in [0.2, 0.25) is 10.0 Å². The van der Waals surface area contributed by atoms with Crippen molar-refractivity contribution in [3.63, 3.8) is 0 Å². The molecule has 1 spiro atoms. The van der Waals surface area contributed by atoms with E-state index in [1.54, 1.807) is 18.2 Å². The van der Waals surface area contributed by atoms with Gasteiger partial charge in [-0.15, -0.1) is 0 Å². The van der Waals surface area contributed by atoms with Crippen LogP contribution in [0, 0.1) is 5.41 Å². The van der Waals surface area contributed by atoms with Gasteiger partial charge in [0.05, 0.1) is 10.0 Å². The van der Waals surface area contributed by atoms with E-state index >= 15 is 0 Å². The number of carbonyl (C=O) groups excluding carboxylic acids is 1. The third kappa shape index (κ3) is 3.53. The van der Waals surface area contributed by atoms with E-state index in [0.29, 0.717) is 22.2 Å². The van der Waals surface area contributed by atoms with E-state index in [1.165, 1.54) is 11.1 Å². The Morgan fingerprint density at radius 1 is 1.25 bits per heavy atom. The Balaban J connectivity index is 1.71. The van der Waals surface area contributed by atoms with Gasteiger partial charge in [0.15, 0.2) is 0 Å². The van der Waals surface area contributed by atoms with Crippen molar-refractivity contribution in [2.75, 3.05) is 19.6 Å². The van der Waals surface area contributed by atoms with Gasteiger partial charge >= 0.3 is 0 Å². The van der Waals surface area contributed by atoms with E-state index in [-0.39, 0.29) is 11.3 Å². The molecule has 0 atom stereocenters. The molecule has 24 heavy (non-hydrogen) atoms. The molecule has 1 amide bonds. The van der Waals surface area contributed by atoms with Crippen LogP contribution in [-0.4, -0.2) is 30.4 Å². The lowest BCUT2D eigenvalue weighted by Crippen LogP contribution is -2.43. The minimum Gasteiger partial charge on any atom is -0.339 e. The van der Waals surface area contributed by atoms with Gasteiger partial charge in [0, 0.05) is 25.2 Å². The minimum atomic E-state index is 0.0227. The summed E-state index contributed by atoms with van der Waals surface area (Å²) in [5.74, 6) is 0.0227. The van der Waals surface area contributed by atoms with Crippen LogP contribution in [0.1, 0.15) is 36.5 Å². The van der Waals surface area contributed by atoms with Crippen molar-refractivity contribution in [2.24, 2.45) is 11.1 Å². The molecular weight excluding hydrogens is 343 g/mol. The summed E-state index contributed by atoms with van der Waals surface area (Å²) in [4.78, 5) is 14.6. The molecule has 0 bridgehead atoms. The quantitative estimate of drug-likeness (QED) is 0.842. The molecule has 0 saturated carbocycles. The highest BCUT2D eigenvalue weighted by atomic mass is 35.5. The molecular formula is C19H22Cl2N2O. The van der Waals surface area contributed by atoms with E-state index in [2.05, 4.69) is 19.1 Å². The first-order chi connectivity index (χ1) is 11.4. The van der Waals surface area contributed by atoms with E-state index in [9.17, 15) is 4.79 Å². The Labute approximate surface area is 153 Å². The minimum absolute atomic E-state index is 0.0227. The Hall–Kier alpha value is -1.29. The fourth-order valence-electron chi connectivity index (χ4n) is 3.81. The summed E-state index contributed by atoms with van der Waals surface area (Å²) in [6.07, 6.45) is 7.52. The van der Waals surface area contributed by atoms with Crippen molar-refractivity contribution >= 4 is 29.1 Å². The summed E-state index contributed by atoms with van der Waals surface area (Å²) in [6, 6.07) is 5.06. The van der Waals surface area contributed by atoms with Crippen LogP contribution in [0.15, 0.2) is 41.5 Å². The van der Waals surface area contributed by atoms with Gasteiger partial charge in [0.1, 0.15) is 0 Å². The molecule has 2 aliphatic rings. The van der Waals surface area contributed by atoms with Gasteiger partial charge < -0.3 is 10.6 Å². The van der Waals surface area contributed by atoms with E-state index in [1.807, 2.05) is 4.90 Å². The average molecular weight is 365 g/mol. The van der Waals surface area contributed by atoms with Crippen LogP contribution in [0.3, 0.4) is 0 Å². The number of hydrogen-bond donors (Lipinski definition) is 1. The summed E-state index contributed by atoms with van der Waals surface area (Å²) in [7, 11) is 0. The first-order valence-corrected chi connectivity index (χ1v) is 9.01. The van der Waals surface area contributed by atoms with Gasteiger partial charge in [0.25, 0.3) is 5.91 Å². The molecule has 0 radical (unpaired) electrons. The second-order valence-corrected chi connectivity index (χ2v) is 7.69. The van der Waals surface area contributed by atoms with E-state index < -0.39 is 0 Å². The maximum Gasteiger partial charge on any atom is 0.253 e. The van der Waals surface area contributed by atoms with Crippen molar-refractivity contribution in [1.82, 2.24) is 4.90 Å². The maximum absolute atomic E-state index is 12.7. The van der Waals surface area contributed by atoms with Crippen molar-refractivity contribution in [1.29, 1.82) is 0 Å². The maximum atomic E-state index is 12.7. The topological polar surface area (TPSA) is 46.3 Å². The van der Waals surface area contributed by atoms with Crippen LogP contribution >= 0.6 is 23.2 Å². The standard InChI is InChI=1S/C19H22Cl2N2O/c1-13-8-14(12-22)11-19(10-13)4-6-23(7-5-19)18(24)15-2-3-16(20)17(21)9-15/h2-3,8-9,11H,4-7,10,12,22H2,1H3. The lowest BCUT2D eigenvalue weighted by atomic mass is 9.70. The fraction of sp³-hybridized carbons (Fsp3) is 0.421. The third-order valence-corrected chi connectivity index (χ3v) is 5.74. The number of piperidine rings is 1. The van der Waals surface area contributed by atoms with E-state index in [4.69, 9.17) is 28.9 Å². The number of carbonyl (C=O) groups is 1. The molecule has 5 heteroatoms. The molecule has 1 saturated heterocycles. The predicted octanol–water partition coefficient (Wildman–Crippen LogP) is 4.45. The molecule has 0 unspecified atom stereocenters. The number of nitrogens with zero attached hydrogens (tertiary/aromatic N) is 1. The molecule has 1 fully saturated rings. The van der Waals surface area contributed by atoms with Crippen molar-refractivity contribution in [3.05, 3.63) is 57.1 Å². The van der Waals surface area contributed by atoms with Crippen LogP contribution in [0.25, 0.3) is 0 Å². The molecule has 1 aromatic rings. The number of nitrogens with two attached hydrogens (primary N) is 1. The zero-order chi connectivity index (χ0) is 17.3. The summed E-state index contributed by atoms with van der Waals surface area (Å²) in [6.45, 7) is 4.24. The molecule has 1 aromatic carbocycles. The highest BCUT2D eigenvalue weighted by Gasteiger charge is 2.36. The van der Waals surface area contributed by atoms with E-state index in [0.717, 1.165) is 32.4 Å². The molecule has 3 nitrogen and oxygen atoms in total. The molecule has 1 heterocycles. The molecule has 0 aromatic heterocycles. The summed E-state index contributed by atoms with van der Waals surface area (Å²) >= 11 is 12.0.